The highest BCUT2D eigenvalue weighted by Gasteiger charge is 2.38. The summed E-state index contributed by atoms with van der Waals surface area (Å²) in [7, 11) is 1.91. The number of nitrogens with zero attached hydrogens (tertiary/aromatic N) is 4. The number of guanidine groups is 1. The molecule has 32 heavy (non-hydrogen) atoms. The van der Waals surface area contributed by atoms with Gasteiger partial charge in [-0.05, 0) is 44.2 Å². The first kappa shape index (κ1) is 25.9. The van der Waals surface area contributed by atoms with Gasteiger partial charge in [-0.3, -0.25) is 9.89 Å². The van der Waals surface area contributed by atoms with Crippen molar-refractivity contribution in [2.75, 3.05) is 56.2 Å². The van der Waals surface area contributed by atoms with E-state index in [1.165, 1.54) is 62.3 Å². The predicted molar refractivity (Wildman–Crippen MR) is 149 cm³/mol. The molecule has 2 N–H and O–H groups in total. The summed E-state index contributed by atoms with van der Waals surface area (Å²) < 4.78 is 0. The highest BCUT2D eigenvalue weighted by molar-refractivity contribution is 14.0. The number of aryl methyl sites for hydroxylation is 1. The highest BCUT2D eigenvalue weighted by atomic mass is 127. The minimum Gasteiger partial charge on any atom is -0.356 e. The van der Waals surface area contributed by atoms with Gasteiger partial charge in [0, 0.05) is 69.1 Å². The van der Waals surface area contributed by atoms with E-state index in [4.69, 9.17) is 0 Å². The van der Waals surface area contributed by atoms with Gasteiger partial charge in [0.1, 0.15) is 5.82 Å². The minimum absolute atomic E-state index is 0. The highest BCUT2D eigenvalue weighted by Crippen LogP contribution is 2.34. The summed E-state index contributed by atoms with van der Waals surface area (Å²) in [6.07, 6.45) is 11.0. The van der Waals surface area contributed by atoms with Gasteiger partial charge in [-0.2, -0.15) is 11.8 Å². The van der Waals surface area contributed by atoms with Crippen molar-refractivity contribution in [3.8, 4) is 0 Å². The van der Waals surface area contributed by atoms with Crippen molar-refractivity contribution in [3.63, 3.8) is 0 Å². The Bertz CT molecular complexity index is 708. The molecule has 1 aliphatic carbocycles. The van der Waals surface area contributed by atoms with Crippen LogP contribution in [0.25, 0.3) is 0 Å². The molecule has 3 fully saturated rings. The van der Waals surface area contributed by atoms with Crippen molar-refractivity contribution in [2.45, 2.75) is 63.5 Å². The van der Waals surface area contributed by atoms with Gasteiger partial charge < -0.3 is 15.5 Å². The molecule has 0 spiro atoms. The summed E-state index contributed by atoms with van der Waals surface area (Å²) in [6, 6.07) is 4.77. The van der Waals surface area contributed by atoms with E-state index in [9.17, 15) is 0 Å². The molecule has 0 amide bonds. The van der Waals surface area contributed by atoms with Crippen LogP contribution in [0, 0.1) is 6.92 Å². The summed E-state index contributed by atoms with van der Waals surface area (Å²) in [6.45, 7) is 7.67. The van der Waals surface area contributed by atoms with Crippen LogP contribution in [0.2, 0.25) is 0 Å². The third-order valence-electron chi connectivity index (χ3n) is 7.33. The zero-order valence-corrected chi connectivity index (χ0v) is 23.0. The molecule has 1 aromatic heterocycles. The van der Waals surface area contributed by atoms with Gasteiger partial charge in [0.25, 0.3) is 0 Å². The fourth-order valence-corrected chi connectivity index (χ4v) is 6.29. The summed E-state index contributed by atoms with van der Waals surface area (Å²) in [5.41, 5.74) is 1.53. The number of hydrogen-bond acceptors (Lipinski definition) is 5. The number of halogens is 1. The molecule has 0 aromatic carbocycles. The number of piperidine rings is 1. The maximum atomic E-state index is 4.60. The van der Waals surface area contributed by atoms with E-state index < -0.39 is 0 Å². The molecule has 1 aromatic rings. The molecule has 4 rings (SSSR count). The Labute approximate surface area is 215 Å². The molecule has 0 unspecified atom stereocenters. The van der Waals surface area contributed by atoms with Gasteiger partial charge in [-0.25, -0.2) is 4.98 Å². The maximum absolute atomic E-state index is 4.60. The van der Waals surface area contributed by atoms with Crippen LogP contribution >= 0.6 is 35.7 Å². The van der Waals surface area contributed by atoms with Gasteiger partial charge >= 0.3 is 0 Å². The van der Waals surface area contributed by atoms with Gasteiger partial charge in [0.05, 0.1) is 0 Å². The number of nitrogens with one attached hydrogen (secondary N) is 2. The minimum atomic E-state index is 0. The molecule has 3 aliphatic rings. The third kappa shape index (κ3) is 6.65. The Morgan fingerprint density at radius 3 is 2.47 bits per heavy atom. The predicted octanol–water partition coefficient (Wildman–Crippen LogP) is 3.89. The van der Waals surface area contributed by atoms with E-state index in [2.05, 4.69) is 61.2 Å². The van der Waals surface area contributed by atoms with E-state index in [0.717, 1.165) is 44.3 Å². The van der Waals surface area contributed by atoms with Gasteiger partial charge in [-0.1, -0.05) is 25.3 Å². The fourth-order valence-electron chi connectivity index (χ4n) is 5.39. The monoisotopic (exact) mass is 572 g/mol. The van der Waals surface area contributed by atoms with E-state index in [1.807, 2.05) is 13.2 Å². The fraction of sp³-hybridized carbons (Fsp3) is 0.750. The average molecular weight is 573 g/mol. The first-order chi connectivity index (χ1) is 15.2. The van der Waals surface area contributed by atoms with Crippen LogP contribution < -0.4 is 15.5 Å². The standard InChI is InChI=1S/C24H40N6S.HI/c1-20-6-7-22(26-18-20)29-12-8-21(9-13-29)28-23(25-2)27-19-24(10-4-3-5-11-24)30-14-16-31-17-15-30;/h6-7,18,21H,3-5,8-17,19H2,1-2H3,(H2,25,27,28);1H. The normalized spacial score (nSPS) is 22.8. The Kier molecular flexibility index (Phi) is 10.2. The quantitative estimate of drug-likeness (QED) is 0.317. The van der Waals surface area contributed by atoms with Crippen molar-refractivity contribution in [1.82, 2.24) is 20.5 Å². The molecule has 0 atom stereocenters. The van der Waals surface area contributed by atoms with Crippen LogP contribution in [0.5, 0.6) is 0 Å². The molecule has 6 nitrogen and oxygen atoms in total. The zero-order chi connectivity index (χ0) is 21.5. The molecular weight excluding hydrogens is 531 g/mol. The second-order valence-electron chi connectivity index (χ2n) is 9.41. The molecule has 0 bridgehead atoms. The lowest BCUT2D eigenvalue weighted by Gasteiger charge is -2.48. The zero-order valence-electron chi connectivity index (χ0n) is 19.8. The molecular formula is C24H41IN6S. The first-order valence-corrected chi connectivity index (χ1v) is 13.3. The molecule has 180 valence electrons. The summed E-state index contributed by atoms with van der Waals surface area (Å²) in [4.78, 5) is 14.4. The van der Waals surface area contributed by atoms with Crippen molar-refractivity contribution < 1.29 is 0 Å². The average Bonchev–Trinajstić information content (AvgIpc) is 2.84. The number of rotatable bonds is 5. The number of aromatic nitrogens is 1. The van der Waals surface area contributed by atoms with Crippen LogP contribution in [0.3, 0.4) is 0 Å². The van der Waals surface area contributed by atoms with Crippen molar-refractivity contribution in [2.24, 2.45) is 4.99 Å². The van der Waals surface area contributed by atoms with Gasteiger partial charge in [-0.15, -0.1) is 24.0 Å². The van der Waals surface area contributed by atoms with Crippen LogP contribution in [0.1, 0.15) is 50.5 Å². The van der Waals surface area contributed by atoms with Crippen LogP contribution in [0.4, 0.5) is 5.82 Å². The molecule has 0 radical (unpaired) electrons. The Balaban J connectivity index is 0.00000289. The first-order valence-electron chi connectivity index (χ1n) is 12.2. The number of thioether (sulfide) groups is 1. The molecule has 3 heterocycles. The molecule has 8 heteroatoms. The molecule has 2 saturated heterocycles. The largest absolute Gasteiger partial charge is 0.356 e. The molecule has 2 aliphatic heterocycles. The smallest absolute Gasteiger partial charge is 0.191 e. The maximum Gasteiger partial charge on any atom is 0.191 e. The summed E-state index contributed by atoms with van der Waals surface area (Å²) in [5.74, 6) is 4.64. The Morgan fingerprint density at radius 1 is 1.12 bits per heavy atom. The number of aliphatic imine (C=N–C) groups is 1. The van der Waals surface area contributed by atoms with E-state index in [1.54, 1.807) is 0 Å². The number of hydrogen-bond donors (Lipinski definition) is 2. The van der Waals surface area contributed by atoms with Crippen LogP contribution in [0.15, 0.2) is 23.3 Å². The lowest BCUT2D eigenvalue weighted by molar-refractivity contribution is 0.0625. The van der Waals surface area contributed by atoms with E-state index in [-0.39, 0.29) is 24.0 Å². The second kappa shape index (κ2) is 12.6. The second-order valence-corrected chi connectivity index (χ2v) is 10.6. The van der Waals surface area contributed by atoms with Gasteiger partial charge in [0.15, 0.2) is 5.96 Å². The molecule has 1 saturated carbocycles. The van der Waals surface area contributed by atoms with Crippen molar-refractivity contribution >= 4 is 47.5 Å². The SMILES string of the molecule is CN=C(NCC1(N2CCSCC2)CCCCC1)NC1CCN(c2ccc(C)cn2)CC1.I. The van der Waals surface area contributed by atoms with Crippen LogP contribution in [-0.4, -0.2) is 78.7 Å². The number of anilines is 1. The third-order valence-corrected chi connectivity index (χ3v) is 8.27. The lowest BCUT2D eigenvalue weighted by Crippen LogP contribution is -2.60. The summed E-state index contributed by atoms with van der Waals surface area (Å²) >= 11 is 2.11. The summed E-state index contributed by atoms with van der Waals surface area (Å²) in [5, 5.41) is 7.45. The van der Waals surface area contributed by atoms with E-state index >= 15 is 0 Å². The topological polar surface area (TPSA) is 55.8 Å². The Hall–Kier alpha value is -0.740. The van der Waals surface area contributed by atoms with Crippen molar-refractivity contribution in [3.05, 3.63) is 23.9 Å². The number of pyridine rings is 1. The van der Waals surface area contributed by atoms with Crippen molar-refractivity contribution in [1.29, 1.82) is 0 Å². The van der Waals surface area contributed by atoms with Crippen LogP contribution in [-0.2, 0) is 0 Å². The van der Waals surface area contributed by atoms with E-state index in [0.29, 0.717) is 11.6 Å². The lowest BCUT2D eigenvalue weighted by atomic mass is 9.80. The Morgan fingerprint density at radius 2 is 1.84 bits per heavy atom. The van der Waals surface area contributed by atoms with Gasteiger partial charge in [0.2, 0.25) is 0 Å².